The lowest BCUT2D eigenvalue weighted by Crippen LogP contribution is -2.24. The SMILES string of the molecule is CC(CO)N=C(N)c1c(Nc2ccc(Oc3ccc(F)cc3)c(F)c2)s[nH]c1=O. The first-order chi connectivity index (χ1) is 13.9. The Balaban J connectivity index is 1.81. The molecule has 1 atom stereocenters. The van der Waals surface area contributed by atoms with Gasteiger partial charge in [-0.15, -0.1) is 0 Å². The van der Waals surface area contributed by atoms with Gasteiger partial charge in [-0.2, -0.15) is 0 Å². The predicted octanol–water partition coefficient (Wildman–Crippen LogP) is 3.34. The summed E-state index contributed by atoms with van der Waals surface area (Å²) in [6.45, 7) is 1.43. The molecule has 10 heteroatoms. The Morgan fingerprint density at radius 1 is 1.31 bits per heavy atom. The normalized spacial score (nSPS) is 12.6. The van der Waals surface area contributed by atoms with E-state index in [1.807, 2.05) is 0 Å². The third-order valence-corrected chi connectivity index (χ3v) is 4.61. The number of amidine groups is 1. The van der Waals surface area contributed by atoms with Crippen LogP contribution in [0.5, 0.6) is 11.5 Å². The van der Waals surface area contributed by atoms with E-state index in [2.05, 4.69) is 14.7 Å². The molecule has 0 amide bonds. The van der Waals surface area contributed by atoms with Crippen LogP contribution in [0.15, 0.2) is 52.3 Å². The third-order valence-electron chi connectivity index (χ3n) is 3.81. The highest BCUT2D eigenvalue weighted by atomic mass is 32.1. The molecule has 0 aliphatic rings. The highest BCUT2D eigenvalue weighted by molar-refractivity contribution is 7.10. The van der Waals surface area contributed by atoms with Gasteiger partial charge in [-0.25, -0.2) is 8.78 Å². The van der Waals surface area contributed by atoms with Crippen LogP contribution in [0.25, 0.3) is 0 Å². The summed E-state index contributed by atoms with van der Waals surface area (Å²) in [6, 6.07) is 8.88. The molecule has 1 heterocycles. The van der Waals surface area contributed by atoms with Crippen LogP contribution in [0.4, 0.5) is 19.5 Å². The molecular weight excluding hydrogens is 402 g/mol. The molecule has 1 unspecified atom stereocenters. The van der Waals surface area contributed by atoms with Crippen LogP contribution < -0.4 is 21.3 Å². The fourth-order valence-electron chi connectivity index (χ4n) is 2.39. The third kappa shape index (κ3) is 4.98. The molecule has 1 aromatic heterocycles. The highest BCUT2D eigenvalue weighted by Gasteiger charge is 2.16. The minimum Gasteiger partial charge on any atom is -0.454 e. The zero-order valence-electron chi connectivity index (χ0n) is 15.3. The number of aromatic nitrogens is 1. The summed E-state index contributed by atoms with van der Waals surface area (Å²) in [5.74, 6) is -0.857. The number of rotatable bonds is 7. The molecule has 5 N–H and O–H groups in total. The van der Waals surface area contributed by atoms with Crippen molar-refractivity contribution in [3.8, 4) is 11.5 Å². The first kappa shape index (κ1) is 20.5. The average molecular weight is 420 g/mol. The molecule has 0 fully saturated rings. The van der Waals surface area contributed by atoms with Crippen LogP contribution in [-0.4, -0.2) is 28.0 Å². The fourth-order valence-corrected chi connectivity index (χ4v) is 3.15. The minimum absolute atomic E-state index is 0.0340. The Kier molecular flexibility index (Phi) is 6.25. The van der Waals surface area contributed by atoms with Crippen LogP contribution in [-0.2, 0) is 0 Å². The van der Waals surface area contributed by atoms with E-state index in [-0.39, 0.29) is 23.8 Å². The number of aromatic amines is 1. The summed E-state index contributed by atoms with van der Waals surface area (Å²) in [5.41, 5.74) is 5.91. The molecule has 29 heavy (non-hydrogen) atoms. The number of aliphatic hydroxyl groups is 1. The maximum Gasteiger partial charge on any atom is 0.271 e. The minimum atomic E-state index is -0.653. The molecule has 3 aromatic rings. The Morgan fingerprint density at radius 3 is 2.69 bits per heavy atom. The van der Waals surface area contributed by atoms with E-state index in [1.54, 1.807) is 13.0 Å². The summed E-state index contributed by atoms with van der Waals surface area (Å²) < 4.78 is 35.3. The quantitative estimate of drug-likeness (QED) is 0.346. The van der Waals surface area contributed by atoms with Gasteiger partial charge in [-0.3, -0.25) is 14.2 Å². The van der Waals surface area contributed by atoms with Crippen molar-refractivity contribution in [2.24, 2.45) is 10.7 Å². The topological polar surface area (TPSA) is 113 Å². The standard InChI is InChI=1S/C19H18F2N4O3S/c1-10(9-26)23-17(22)16-18(27)25-29-19(16)24-12-4-7-15(14(21)8-12)28-13-5-2-11(20)3-6-13/h2-8,10,24,26H,9H2,1H3,(H2,22,23)(H,25,27). The summed E-state index contributed by atoms with van der Waals surface area (Å²) in [7, 11) is 0. The van der Waals surface area contributed by atoms with Gasteiger partial charge in [-0.05, 0) is 54.9 Å². The van der Waals surface area contributed by atoms with E-state index in [0.717, 1.165) is 11.5 Å². The Bertz CT molecular complexity index is 1080. The van der Waals surface area contributed by atoms with Gasteiger partial charge in [0, 0.05) is 11.8 Å². The van der Waals surface area contributed by atoms with Crippen molar-refractivity contribution in [1.82, 2.24) is 4.37 Å². The second-order valence-electron chi connectivity index (χ2n) is 6.11. The summed E-state index contributed by atoms with van der Waals surface area (Å²) in [5, 5.41) is 12.4. The number of H-pyrrole nitrogens is 1. The second kappa shape index (κ2) is 8.84. The van der Waals surface area contributed by atoms with Gasteiger partial charge < -0.3 is 20.9 Å². The van der Waals surface area contributed by atoms with Crippen molar-refractivity contribution in [1.29, 1.82) is 0 Å². The Morgan fingerprint density at radius 2 is 2.03 bits per heavy atom. The first-order valence-corrected chi connectivity index (χ1v) is 9.35. The summed E-state index contributed by atoms with van der Waals surface area (Å²) in [4.78, 5) is 16.1. The van der Waals surface area contributed by atoms with Crippen molar-refractivity contribution in [3.63, 3.8) is 0 Å². The number of aliphatic imine (C=N–C) groups is 1. The Hall–Kier alpha value is -3.24. The maximum atomic E-state index is 14.4. The van der Waals surface area contributed by atoms with Crippen LogP contribution >= 0.6 is 11.5 Å². The van der Waals surface area contributed by atoms with Gasteiger partial charge >= 0.3 is 0 Å². The molecule has 0 bridgehead atoms. The van der Waals surface area contributed by atoms with E-state index in [4.69, 9.17) is 15.6 Å². The van der Waals surface area contributed by atoms with Crippen molar-refractivity contribution < 1.29 is 18.6 Å². The molecule has 0 saturated heterocycles. The Labute approximate surface area is 168 Å². The van der Waals surface area contributed by atoms with Crippen molar-refractivity contribution in [2.75, 3.05) is 11.9 Å². The molecule has 152 valence electrons. The number of benzene rings is 2. The number of nitrogens with two attached hydrogens (primary N) is 1. The number of ether oxygens (including phenoxy) is 1. The molecule has 0 aliphatic carbocycles. The fraction of sp³-hybridized carbons (Fsp3) is 0.158. The molecule has 0 saturated carbocycles. The van der Waals surface area contributed by atoms with Gasteiger partial charge in [0.2, 0.25) is 0 Å². The smallest absolute Gasteiger partial charge is 0.271 e. The first-order valence-electron chi connectivity index (χ1n) is 8.53. The van der Waals surface area contributed by atoms with E-state index in [0.29, 0.717) is 16.4 Å². The van der Waals surface area contributed by atoms with E-state index >= 15 is 0 Å². The van der Waals surface area contributed by atoms with E-state index in [9.17, 15) is 13.6 Å². The van der Waals surface area contributed by atoms with Gasteiger partial charge in [-0.1, -0.05) is 0 Å². The van der Waals surface area contributed by atoms with Gasteiger partial charge in [0.15, 0.2) is 11.6 Å². The van der Waals surface area contributed by atoms with Crippen LogP contribution in [0.3, 0.4) is 0 Å². The maximum absolute atomic E-state index is 14.4. The van der Waals surface area contributed by atoms with Gasteiger partial charge in [0.1, 0.15) is 28.0 Å². The van der Waals surface area contributed by atoms with Crippen LogP contribution in [0.2, 0.25) is 0 Å². The zero-order valence-corrected chi connectivity index (χ0v) is 16.1. The monoisotopic (exact) mass is 420 g/mol. The molecule has 3 rings (SSSR count). The van der Waals surface area contributed by atoms with E-state index < -0.39 is 23.2 Å². The lowest BCUT2D eigenvalue weighted by molar-refractivity contribution is 0.274. The van der Waals surface area contributed by atoms with Gasteiger partial charge in [0.05, 0.1) is 12.6 Å². The van der Waals surface area contributed by atoms with Crippen LogP contribution in [0, 0.1) is 11.6 Å². The lowest BCUT2D eigenvalue weighted by atomic mass is 10.2. The molecule has 0 spiro atoms. The molecule has 7 nitrogen and oxygen atoms in total. The molecule has 0 radical (unpaired) electrons. The molecular formula is C19H18F2N4O3S. The van der Waals surface area contributed by atoms with Crippen molar-refractivity contribution >= 4 is 28.1 Å². The second-order valence-corrected chi connectivity index (χ2v) is 6.93. The molecule has 2 aromatic carbocycles. The summed E-state index contributed by atoms with van der Waals surface area (Å²) in [6.07, 6.45) is 0. The predicted molar refractivity (Wildman–Crippen MR) is 108 cm³/mol. The number of anilines is 2. The number of nitrogens with zero attached hydrogens (tertiary/aromatic N) is 1. The number of hydrogen-bond acceptors (Lipinski definition) is 6. The lowest BCUT2D eigenvalue weighted by Gasteiger charge is -2.10. The number of aliphatic hydroxyl groups excluding tert-OH is 1. The van der Waals surface area contributed by atoms with Gasteiger partial charge in [0.25, 0.3) is 5.56 Å². The van der Waals surface area contributed by atoms with Crippen molar-refractivity contribution in [3.05, 3.63) is 70.0 Å². The number of hydrogen-bond donors (Lipinski definition) is 4. The zero-order chi connectivity index (χ0) is 21.0. The number of nitrogens with one attached hydrogen (secondary N) is 2. The van der Waals surface area contributed by atoms with Crippen molar-refractivity contribution in [2.45, 2.75) is 13.0 Å². The molecule has 0 aliphatic heterocycles. The van der Waals surface area contributed by atoms with Crippen LogP contribution in [0.1, 0.15) is 12.5 Å². The summed E-state index contributed by atoms with van der Waals surface area (Å²) >= 11 is 0.987. The van der Waals surface area contributed by atoms with E-state index in [1.165, 1.54) is 36.4 Å². The largest absolute Gasteiger partial charge is 0.454 e. The average Bonchev–Trinajstić information content (AvgIpc) is 3.05. The highest BCUT2D eigenvalue weighted by Crippen LogP contribution is 2.29. The number of halogens is 2.